The zero-order valence-electron chi connectivity index (χ0n) is 16.2. The van der Waals surface area contributed by atoms with Crippen molar-refractivity contribution in [3.63, 3.8) is 0 Å². The van der Waals surface area contributed by atoms with Crippen molar-refractivity contribution in [2.45, 2.75) is 13.3 Å². The molecule has 0 saturated carbocycles. The summed E-state index contributed by atoms with van der Waals surface area (Å²) in [6, 6.07) is 11.6. The summed E-state index contributed by atoms with van der Waals surface area (Å²) in [4.78, 5) is 4.39. The Balaban J connectivity index is 1.90. The molecular formula is C21H21ClN2O4. The number of aromatic nitrogens is 2. The SMILES string of the molecule is CCc1ccc(-c2noc(/C(Cl)=C/c3cc(OC)c(OC)c(OC)c3)n2)cc1. The molecule has 0 aliphatic carbocycles. The molecule has 0 spiro atoms. The summed E-state index contributed by atoms with van der Waals surface area (Å²) in [6.45, 7) is 2.11. The van der Waals surface area contributed by atoms with Gasteiger partial charge in [-0.2, -0.15) is 4.98 Å². The number of methoxy groups -OCH3 is 3. The Morgan fingerprint density at radius 3 is 2.21 bits per heavy atom. The summed E-state index contributed by atoms with van der Waals surface area (Å²) in [5.41, 5.74) is 2.85. The first-order valence-electron chi connectivity index (χ1n) is 8.70. The van der Waals surface area contributed by atoms with Crippen molar-refractivity contribution in [1.82, 2.24) is 10.1 Å². The van der Waals surface area contributed by atoms with Crippen LogP contribution in [0.15, 0.2) is 40.9 Å². The normalized spacial score (nSPS) is 11.4. The lowest BCUT2D eigenvalue weighted by atomic mass is 10.1. The molecular weight excluding hydrogens is 380 g/mol. The molecule has 0 N–H and O–H groups in total. The van der Waals surface area contributed by atoms with E-state index < -0.39 is 0 Å². The fraction of sp³-hybridized carbons (Fsp3) is 0.238. The monoisotopic (exact) mass is 400 g/mol. The lowest BCUT2D eigenvalue weighted by Crippen LogP contribution is -1.95. The number of rotatable bonds is 7. The van der Waals surface area contributed by atoms with Gasteiger partial charge in [-0.05, 0) is 35.8 Å². The second-order valence-corrected chi connectivity index (χ2v) is 6.33. The van der Waals surface area contributed by atoms with Gasteiger partial charge in [0.15, 0.2) is 11.5 Å². The minimum Gasteiger partial charge on any atom is -0.493 e. The fourth-order valence-electron chi connectivity index (χ4n) is 2.72. The molecule has 0 bridgehead atoms. The highest BCUT2D eigenvalue weighted by molar-refractivity contribution is 6.50. The maximum Gasteiger partial charge on any atom is 0.269 e. The number of hydrogen-bond donors (Lipinski definition) is 0. The van der Waals surface area contributed by atoms with E-state index in [0.29, 0.717) is 28.1 Å². The lowest BCUT2D eigenvalue weighted by molar-refractivity contribution is 0.324. The van der Waals surface area contributed by atoms with Crippen LogP contribution in [0.3, 0.4) is 0 Å². The summed E-state index contributed by atoms with van der Waals surface area (Å²) < 4.78 is 21.4. The largest absolute Gasteiger partial charge is 0.493 e. The van der Waals surface area contributed by atoms with Crippen LogP contribution < -0.4 is 14.2 Å². The van der Waals surface area contributed by atoms with Gasteiger partial charge < -0.3 is 18.7 Å². The molecule has 0 fully saturated rings. The van der Waals surface area contributed by atoms with E-state index in [-0.39, 0.29) is 5.89 Å². The molecule has 0 aliphatic rings. The van der Waals surface area contributed by atoms with Gasteiger partial charge in [-0.15, -0.1) is 0 Å². The number of ether oxygens (including phenoxy) is 3. The lowest BCUT2D eigenvalue weighted by Gasteiger charge is -2.12. The zero-order valence-corrected chi connectivity index (χ0v) is 16.9. The van der Waals surface area contributed by atoms with Crippen molar-refractivity contribution in [1.29, 1.82) is 0 Å². The molecule has 2 aromatic carbocycles. The van der Waals surface area contributed by atoms with Gasteiger partial charge >= 0.3 is 0 Å². The molecule has 0 radical (unpaired) electrons. The Morgan fingerprint density at radius 1 is 1.04 bits per heavy atom. The molecule has 28 heavy (non-hydrogen) atoms. The smallest absolute Gasteiger partial charge is 0.269 e. The van der Waals surface area contributed by atoms with E-state index in [1.54, 1.807) is 39.5 Å². The molecule has 3 aromatic rings. The molecule has 0 amide bonds. The average molecular weight is 401 g/mol. The van der Waals surface area contributed by atoms with Gasteiger partial charge in [0.2, 0.25) is 11.6 Å². The second kappa shape index (κ2) is 8.80. The number of benzene rings is 2. The van der Waals surface area contributed by atoms with Crippen LogP contribution in [0.4, 0.5) is 0 Å². The molecule has 0 unspecified atom stereocenters. The van der Waals surface area contributed by atoms with Gasteiger partial charge in [0.25, 0.3) is 5.89 Å². The van der Waals surface area contributed by atoms with Crippen molar-refractivity contribution in [2.24, 2.45) is 0 Å². The number of aryl methyl sites for hydroxylation is 1. The highest BCUT2D eigenvalue weighted by Crippen LogP contribution is 2.39. The van der Waals surface area contributed by atoms with E-state index in [1.807, 2.05) is 24.3 Å². The van der Waals surface area contributed by atoms with Crippen LogP contribution in [0, 0.1) is 0 Å². The van der Waals surface area contributed by atoms with Gasteiger partial charge in [0.05, 0.1) is 21.3 Å². The van der Waals surface area contributed by atoms with Crippen LogP contribution in [0.25, 0.3) is 22.5 Å². The predicted molar refractivity (Wildman–Crippen MR) is 109 cm³/mol. The average Bonchev–Trinajstić information content (AvgIpc) is 3.23. The summed E-state index contributed by atoms with van der Waals surface area (Å²) in [5, 5.41) is 4.32. The van der Waals surface area contributed by atoms with E-state index >= 15 is 0 Å². The first-order chi connectivity index (χ1) is 13.6. The van der Waals surface area contributed by atoms with E-state index in [4.69, 9.17) is 30.3 Å². The van der Waals surface area contributed by atoms with Crippen LogP contribution in [0.5, 0.6) is 17.2 Å². The molecule has 1 aromatic heterocycles. The second-order valence-electron chi connectivity index (χ2n) is 5.92. The first-order valence-corrected chi connectivity index (χ1v) is 9.08. The van der Waals surface area contributed by atoms with E-state index in [0.717, 1.165) is 17.5 Å². The minimum absolute atomic E-state index is 0.227. The third-order valence-corrected chi connectivity index (χ3v) is 4.50. The Bertz CT molecular complexity index is 955. The van der Waals surface area contributed by atoms with E-state index in [9.17, 15) is 0 Å². The number of halogens is 1. The Hall–Kier alpha value is -2.99. The molecule has 7 heteroatoms. The Kier molecular flexibility index (Phi) is 6.21. The number of hydrogen-bond acceptors (Lipinski definition) is 6. The van der Waals surface area contributed by atoms with Crippen LogP contribution in [-0.2, 0) is 6.42 Å². The maximum absolute atomic E-state index is 6.41. The van der Waals surface area contributed by atoms with Gasteiger partial charge in [-0.3, -0.25) is 0 Å². The fourth-order valence-corrected chi connectivity index (χ4v) is 2.92. The topological polar surface area (TPSA) is 66.6 Å². The Labute approximate surface area is 168 Å². The van der Waals surface area contributed by atoms with Gasteiger partial charge in [0, 0.05) is 5.56 Å². The molecule has 0 aliphatic heterocycles. The van der Waals surface area contributed by atoms with Gasteiger partial charge in [0.1, 0.15) is 5.03 Å². The van der Waals surface area contributed by atoms with Gasteiger partial charge in [-0.1, -0.05) is 47.9 Å². The van der Waals surface area contributed by atoms with Crippen molar-refractivity contribution >= 4 is 22.7 Å². The first kappa shape index (κ1) is 19.8. The minimum atomic E-state index is 0.227. The zero-order chi connectivity index (χ0) is 20.1. The molecule has 0 atom stereocenters. The molecule has 146 valence electrons. The molecule has 6 nitrogen and oxygen atoms in total. The van der Waals surface area contributed by atoms with E-state index in [1.165, 1.54) is 5.56 Å². The third kappa shape index (κ3) is 4.12. The highest BCUT2D eigenvalue weighted by Gasteiger charge is 2.15. The standard InChI is InChI=1S/C21H21ClN2O4/c1-5-13-6-8-15(9-7-13)20-23-21(28-24-20)16(22)10-14-11-17(25-2)19(27-4)18(12-14)26-3/h6-12H,5H2,1-4H3/b16-10-. The van der Waals surface area contributed by atoms with Crippen LogP contribution in [0.1, 0.15) is 23.9 Å². The molecule has 1 heterocycles. The molecule has 0 saturated heterocycles. The summed E-state index contributed by atoms with van der Waals surface area (Å²) in [6.07, 6.45) is 2.67. The van der Waals surface area contributed by atoms with Gasteiger partial charge in [-0.25, -0.2) is 0 Å². The maximum atomic E-state index is 6.41. The highest BCUT2D eigenvalue weighted by atomic mass is 35.5. The number of nitrogens with zero attached hydrogens (tertiary/aromatic N) is 2. The van der Waals surface area contributed by atoms with Crippen LogP contribution >= 0.6 is 11.6 Å². The summed E-state index contributed by atoms with van der Waals surface area (Å²) in [7, 11) is 4.66. The van der Waals surface area contributed by atoms with Crippen molar-refractivity contribution in [3.8, 4) is 28.6 Å². The van der Waals surface area contributed by atoms with Crippen molar-refractivity contribution in [2.75, 3.05) is 21.3 Å². The summed E-state index contributed by atoms with van der Waals surface area (Å²) in [5.74, 6) is 2.27. The van der Waals surface area contributed by atoms with Crippen molar-refractivity contribution < 1.29 is 18.7 Å². The van der Waals surface area contributed by atoms with Crippen LogP contribution in [-0.4, -0.2) is 31.5 Å². The summed E-state index contributed by atoms with van der Waals surface area (Å²) >= 11 is 6.41. The van der Waals surface area contributed by atoms with E-state index in [2.05, 4.69) is 17.1 Å². The predicted octanol–water partition coefficient (Wildman–Crippen LogP) is 5.06. The Morgan fingerprint density at radius 2 is 1.68 bits per heavy atom. The van der Waals surface area contributed by atoms with Crippen LogP contribution in [0.2, 0.25) is 0 Å². The third-order valence-electron chi connectivity index (χ3n) is 4.23. The quantitative estimate of drug-likeness (QED) is 0.552. The van der Waals surface area contributed by atoms with Crippen molar-refractivity contribution in [3.05, 3.63) is 53.4 Å². The molecule has 3 rings (SSSR count).